The molecule has 0 aromatic carbocycles. The molecule has 0 aliphatic carbocycles. The fourth-order valence-corrected chi connectivity index (χ4v) is 1.99. The van der Waals surface area contributed by atoms with Gasteiger partial charge in [0.05, 0.1) is 10.7 Å². The lowest BCUT2D eigenvalue weighted by molar-refractivity contribution is 0.304. The summed E-state index contributed by atoms with van der Waals surface area (Å²) < 4.78 is 5.20. The number of thiocarbonyl (C=S) groups is 1. The highest BCUT2D eigenvalue weighted by Crippen LogP contribution is 2.21. The lowest BCUT2D eigenvalue weighted by Gasteiger charge is -2.19. The summed E-state index contributed by atoms with van der Waals surface area (Å²) in [6.45, 7) is 1.20. The van der Waals surface area contributed by atoms with Crippen LogP contribution in [-0.4, -0.2) is 28.6 Å². The maximum absolute atomic E-state index is 5.91. The molecule has 0 radical (unpaired) electrons. The predicted octanol–water partition coefficient (Wildman–Crippen LogP) is 3.06. The molecule has 1 aliphatic heterocycles. The number of aromatic nitrogens is 1. The van der Waals surface area contributed by atoms with Crippen LogP contribution < -0.4 is 0 Å². The van der Waals surface area contributed by atoms with Crippen LogP contribution in [0.25, 0.3) is 0 Å². The van der Waals surface area contributed by atoms with Gasteiger partial charge in [0.15, 0.2) is 5.05 Å². The van der Waals surface area contributed by atoms with Gasteiger partial charge in [-0.3, -0.25) is 0 Å². The number of pyridine rings is 1. The van der Waals surface area contributed by atoms with Gasteiger partial charge in [0.1, 0.15) is 11.8 Å². The smallest absolute Gasteiger partial charge is 0.186 e. The summed E-state index contributed by atoms with van der Waals surface area (Å²) in [6.07, 6.45) is 3.56. The minimum Gasteiger partial charge on any atom is -0.477 e. The first-order valence-corrected chi connectivity index (χ1v) is 6.11. The normalized spacial score (nSPS) is 14.5. The summed E-state index contributed by atoms with van der Waals surface area (Å²) >= 11 is 16.6. The lowest BCUT2D eigenvalue weighted by Crippen LogP contribution is -2.18. The first-order chi connectivity index (χ1) is 8.06. The van der Waals surface area contributed by atoms with Gasteiger partial charge in [0, 0.05) is 25.9 Å². The van der Waals surface area contributed by atoms with Crippen molar-refractivity contribution < 1.29 is 4.74 Å². The molecule has 0 atom stereocenters. The molecule has 0 spiro atoms. The molecule has 1 aromatic heterocycles. The van der Waals surface area contributed by atoms with E-state index in [2.05, 4.69) is 4.98 Å². The Hall–Kier alpha value is -0.840. The van der Waals surface area contributed by atoms with Gasteiger partial charge in [-0.05, 0) is 23.8 Å². The highest BCUT2D eigenvalue weighted by atomic mass is 35.5. The molecule has 1 aromatic rings. The third-order valence-corrected chi connectivity index (χ3v) is 3.33. The topological polar surface area (TPSA) is 25.4 Å². The Kier molecular flexibility index (Phi) is 3.86. The average molecular weight is 289 g/mol. The number of nitrogens with zero attached hydrogens (tertiary/aromatic N) is 2. The third kappa shape index (κ3) is 3.09. The quantitative estimate of drug-likeness (QED) is 0.631. The maximum Gasteiger partial charge on any atom is 0.186 e. The Balaban J connectivity index is 2.08. The van der Waals surface area contributed by atoms with Crippen molar-refractivity contribution in [2.75, 3.05) is 13.7 Å². The van der Waals surface area contributed by atoms with Gasteiger partial charge in [-0.2, -0.15) is 0 Å². The standard InChI is InChI=1S/C11H10Cl2N2OS/c1-15(8-3-10(17)16-6-8)5-7-2-9(12)11(13)14-4-7/h2-4H,5-6H2,1H3. The van der Waals surface area contributed by atoms with Crippen LogP contribution >= 0.6 is 35.4 Å². The van der Waals surface area contributed by atoms with Gasteiger partial charge in [-0.25, -0.2) is 4.98 Å². The first kappa shape index (κ1) is 12.6. The van der Waals surface area contributed by atoms with E-state index >= 15 is 0 Å². The molecule has 0 N–H and O–H groups in total. The summed E-state index contributed by atoms with van der Waals surface area (Å²) in [5.41, 5.74) is 2.03. The molecular formula is C11H10Cl2N2OS. The van der Waals surface area contributed by atoms with E-state index in [9.17, 15) is 0 Å². The Morgan fingerprint density at radius 2 is 2.29 bits per heavy atom. The molecule has 0 saturated carbocycles. The van der Waals surface area contributed by atoms with Gasteiger partial charge in [0.25, 0.3) is 0 Å². The van der Waals surface area contributed by atoms with Crippen LogP contribution in [0, 0.1) is 0 Å². The molecule has 6 heteroatoms. The van der Waals surface area contributed by atoms with E-state index in [1.54, 1.807) is 6.20 Å². The molecule has 0 bridgehead atoms. The van der Waals surface area contributed by atoms with Crippen molar-refractivity contribution in [3.8, 4) is 0 Å². The molecule has 0 unspecified atom stereocenters. The number of likely N-dealkylation sites (N-methyl/N-ethyl adjacent to an activating group) is 1. The summed E-state index contributed by atoms with van der Waals surface area (Å²) in [6, 6.07) is 1.81. The van der Waals surface area contributed by atoms with Gasteiger partial charge in [-0.1, -0.05) is 23.2 Å². The SMILES string of the molecule is CN(Cc1cnc(Cl)c(Cl)c1)C1=CC(=S)OC1. The van der Waals surface area contributed by atoms with Crippen molar-refractivity contribution in [3.63, 3.8) is 0 Å². The van der Waals surface area contributed by atoms with Crippen LogP contribution in [0.2, 0.25) is 10.2 Å². The average Bonchev–Trinajstić information content (AvgIpc) is 2.70. The van der Waals surface area contributed by atoms with Crippen LogP contribution in [0.4, 0.5) is 0 Å². The second kappa shape index (κ2) is 5.21. The second-order valence-corrected chi connectivity index (χ2v) is 4.88. The highest BCUT2D eigenvalue weighted by Gasteiger charge is 2.14. The van der Waals surface area contributed by atoms with E-state index in [0.717, 1.165) is 11.3 Å². The van der Waals surface area contributed by atoms with E-state index in [0.29, 0.717) is 28.4 Å². The Morgan fingerprint density at radius 1 is 1.53 bits per heavy atom. The van der Waals surface area contributed by atoms with E-state index in [1.807, 2.05) is 24.1 Å². The summed E-state index contributed by atoms with van der Waals surface area (Å²) in [5, 5.41) is 1.31. The van der Waals surface area contributed by atoms with Gasteiger partial charge in [-0.15, -0.1) is 0 Å². The molecule has 3 nitrogen and oxygen atoms in total. The van der Waals surface area contributed by atoms with E-state index in [4.69, 9.17) is 40.2 Å². The first-order valence-electron chi connectivity index (χ1n) is 4.94. The van der Waals surface area contributed by atoms with Crippen molar-refractivity contribution in [2.24, 2.45) is 0 Å². The van der Waals surface area contributed by atoms with Crippen molar-refractivity contribution in [1.82, 2.24) is 9.88 Å². The number of hydrogen-bond acceptors (Lipinski definition) is 4. The van der Waals surface area contributed by atoms with Crippen LogP contribution in [-0.2, 0) is 11.3 Å². The van der Waals surface area contributed by atoms with Gasteiger partial charge >= 0.3 is 0 Å². The van der Waals surface area contributed by atoms with Gasteiger partial charge < -0.3 is 9.64 Å². The van der Waals surface area contributed by atoms with E-state index < -0.39 is 0 Å². The zero-order chi connectivity index (χ0) is 12.4. The fraction of sp³-hybridized carbons (Fsp3) is 0.273. The highest BCUT2D eigenvalue weighted by molar-refractivity contribution is 7.80. The molecule has 17 heavy (non-hydrogen) atoms. The largest absolute Gasteiger partial charge is 0.477 e. The molecule has 0 saturated heterocycles. The molecule has 2 heterocycles. The fourth-order valence-electron chi connectivity index (χ4n) is 1.51. The zero-order valence-corrected chi connectivity index (χ0v) is 11.4. The number of hydrogen-bond donors (Lipinski definition) is 0. The zero-order valence-electron chi connectivity index (χ0n) is 9.11. The summed E-state index contributed by atoms with van der Waals surface area (Å²) in [7, 11) is 1.96. The number of halogens is 2. The molecule has 90 valence electrons. The Morgan fingerprint density at radius 3 is 2.88 bits per heavy atom. The predicted molar refractivity (Wildman–Crippen MR) is 72.4 cm³/mol. The van der Waals surface area contributed by atoms with E-state index in [1.165, 1.54) is 0 Å². The minimum absolute atomic E-state index is 0.322. The van der Waals surface area contributed by atoms with Crippen LogP contribution in [0.1, 0.15) is 5.56 Å². The number of ether oxygens (including phenoxy) is 1. The van der Waals surface area contributed by atoms with Gasteiger partial charge in [0.2, 0.25) is 0 Å². The Bertz CT molecular complexity index is 490. The molecule has 2 rings (SSSR count). The molecule has 0 amide bonds. The third-order valence-electron chi connectivity index (χ3n) is 2.41. The van der Waals surface area contributed by atoms with Crippen LogP contribution in [0.15, 0.2) is 24.0 Å². The summed E-state index contributed by atoms with van der Waals surface area (Å²) in [4.78, 5) is 6.05. The molecule has 0 fully saturated rings. The lowest BCUT2D eigenvalue weighted by atomic mass is 10.2. The van der Waals surface area contributed by atoms with Crippen LogP contribution in [0.5, 0.6) is 0 Å². The van der Waals surface area contributed by atoms with Crippen molar-refractivity contribution >= 4 is 40.5 Å². The Labute approximate surface area is 115 Å². The number of rotatable bonds is 3. The second-order valence-electron chi connectivity index (χ2n) is 3.72. The minimum atomic E-state index is 0.322. The van der Waals surface area contributed by atoms with E-state index in [-0.39, 0.29) is 0 Å². The molecule has 1 aliphatic rings. The van der Waals surface area contributed by atoms with Crippen molar-refractivity contribution in [3.05, 3.63) is 39.8 Å². The summed E-state index contributed by atoms with van der Waals surface area (Å²) in [5.74, 6) is 0. The van der Waals surface area contributed by atoms with Crippen molar-refractivity contribution in [1.29, 1.82) is 0 Å². The molecular weight excluding hydrogens is 279 g/mol. The maximum atomic E-state index is 5.91. The van der Waals surface area contributed by atoms with Crippen LogP contribution in [0.3, 0.4) is 0 Å². The monoisotopic (exact) mass is 288 g/mol. The van der Waals surface area contributed by atoms with Crippen molar-refractivity contribution in [2.45, 2.75) is 6.54 Å².